The molecule has 0 radical (unpaired) electrons. The second-order valence-electron chi connectivity index (χ2n) is 5.94. The molecule has 0 N–H and O–H groups in total. The molecule has 1 aromatic rings. The minimum Gasteiger partial charge on any atom is -0.311 e. The molecule has 1 aliphatic rings. The molecule has 0 spiro atoms. The molecule has 1 aliphatic carbocycles. The fourth-order valence-electron chi connectivity index (χ4n) is 3.25. The van der Waals surface area contributed by atoms with Gasteiger partial charge in [0.1, 0.15) is 5.41 Å². The van der Waals surface area contributed by atoms with Gasteiger partial charge in [-0.1, -0.05) is 43.9 Å². The van der Waals surface area contributed by atoms with Gasteiger partial charge in [-0.05, 0) is 38.3 Å². The summed E-state index contributed by atoms with van der Waals surface area (Å²) in [6, 6.07) is 10.3. The number of anilines is 1. The van der Waals surface area contributed by atoms with E-state index in [2.05, 4.69) is 6.07 Å². The van der Waals surface area contributed by atoms with E-state index in [-0.39, 0.29) is 5.91 Å². The van der Waals surface area contributed by atoms with Crippen molar-refractivity contribution >= 4 is 11.6 Å². The van der Waals surface area contributed by atoms with Crippen molar-refractivity contribution in [2.75, 3.05) is 11.4 Å². The van der Waals surface area contributed by atoms with Gasteiger partial charge in [-0.25, -0.2) is 0 Å². The summed E-state index contributed by atoms with van der Waals surface area (Å²) < 4.78 is 0. The van der Waals surface area contributed by atoms with E-state index in [1.807, 2.05) is 38.1 Å². The normalized spacial score (nSPS) is 17.6. The first-order valence-electron chi connectivity index (χ1n) is 7.93. The zero-order chi connectivity index (χ0) is 15.3. The minimum atomic E-state index is -0.825. The standard InChI is InChI=1S/C18H24N2O/c1-3-20(16-11-7-6-10-15(16)2)17(21)18(14-19)12-8-4-5-9-13-18/h6-7,10-11H,3-5,8-9,12-13H2,1-2H3. The van der Waals surface area contributed by atoms with Crippen LogP contribution in [0.4, 0.5) is 5.69 Å². The van der Waals surface area contributed by atoms with Crippen LogP contribution in [0.5, 0.6) is 0 Å². The lowest BCUT2D eigenvalue weighted by molar-refractivity contribution is -0.126. The first kappa shape index (κ1) is 15.6. The second kappa shape index (κ2) is 6.76. The summed E-state index contributed by atoms with van der Waals surface area (Å²) in [6.45, 7) is 4.59. The smallest absolute Gasteiger partial charge is 0.247 e. The maximum Gasteiger partial charge on any atom is 0.247 e. The highest BCUT2D eigenvalue weighted by Crippen LogP contribution is 2.37. The number of amides is 1. The number of hydrogen-bond donors (Lipinski definition) is 0. The molecule has 1 amide bonds. The molecule has 0 saturated heterocycles. The van der Waals surface area contributed by atoms with Crippen LogP contribution >= 0.6 is 0 Å². The van der Waals surface area contributed by atoms with E-state index < -0.39 is 5.41 Å². The number of benzene rings is 1. The van der Waals surface area contributed by atoms with Crippen LogP contribution in [0.3, 0.4) is 0 Å². The fraction of sp³-hybridized carbons (Fsp3) is 0.556. The Morgan fingerprint density at radius 3 is 2.38 bits per heavy atom. The molecule has 1 saturated carbocycles. The SMILES string of the molecule is CCN(C(=O)C1(C#N)CCCCCC1)c1ccccc1C. The third-order valence-electron chi connectivity index (χ3n) is 4.55. The van der Waals surface area contributed by atoms with Gasteiger partial charge < -0.3 is 4.90 Å². The highest BCUT2D eigenvalue weighted by Gasteiger charge is 2.41. The molecule has 3 nitrogen and oxygen atoms in total. The van der Waals surface area contributed by atoms with Gasteiger partial charge in [-0.3, -0.25) is 4.79 Å². The third kappa shape index (κ3) is 3.10. The van der Waals surface area contributed by atoms with E-state index in [4.69, 9.17) is 0 Å². The van der Waals surface area contributed by atoms with Crippen molar-refractivity contribution in [3.8, 4) is 6.07 Å². The monoisotopic (exact) mass is 284 g/mol. The Hall–Kier alpha value is -1.82. The molecule has 0 aliphatic heterocycles. The van der Waals surface area contributed by atoms with Gasteiger partial charge in [0.25, 0.3) is 0 Å². The van der Waals surface area contributed by atoms with Gasteiger partial charge in [0, 0.05) is 12.2 Å². The first-order valence-corrected chi connectivity index (χ1v) is 7.93. The molecule has 1 aromatic carbocycles. The number of carbonyl (C=O) groups is 1. The van der Waals surface area contributed by atoms with Crippen LogP contribution in [0.2, 0.25) is 0 Å². The van der Waals surface area contributed by atoms with Gasteiger partial charge in [-0.15, -0.1) is 0 Å². The van der Waals surface area contributed by atoms with Crippen LogP contribution in [0.1, 0.15) is 51.0 Å². The quantitative estimate of drug-likeness (QED) is 0.780. The average molecular weight is 284 g/mol. The molecular formula is C18H24N2O. The molecule has 3 heteroatoms. The van der Waals surface area contributed by atoms with Crippen molar-refractivity contribution in [1.29, 1.82) is 5.26 Å². The Morgan fingerprint density at radius 2 is 1.86 bits per heavy atom. The molecule has 1 fully saturated rings. The van der Waals surface area contributed by atoms with E-state index >= 15 is 0 Å². The van der Waals surface area contributed by atoms with Crippen molar-refractivity contribution < 1.29 is 4.79 Å². The summed E-state index contributed by atoms with van der Waals surface area (Å²) in [5.74, 6) is -0.0105. The number of para-hydroxylation sites is 1. The van der Waals surface area contributed by atoms with E-state index in [9.17, 15) is 10.1 Å². The zero-order valence-electron chi connectivity index (χ0n) is 13.1. The van der Waals surface area contributed by atoms with Crippen LogP contribution in [0.15, 0.2) is 24.3 Å². The lowest BCUT2D eigenvalue weighted by atomic mass is 9.80. The Bertz CT molecular complexity index is 536. The highest BCUT2D eigenvalue weighted by atomic mass is 16.2. The fourth-order valence-corrected chi connectivity index (χ4v) is 3.25. The van der Waals surface area contributed by atoms with Crippen molar-refractivity contribution in [1.82, 2.24) is 0 Å². The lowest BCUT2D eigenvalue weighted by Crippen LogP contribution is -2.43. The van der Waals surface area contributed by atoms with Gasteiger partial charge in [0.15, 0.2) is 0 Å². The summed E-state index contributed by atoms with van der Waals surface area (Å²) in [4.78, 5) is 14.9. The lowest BCUT2D eigenvalue weighted by Gasteiger charge is -2.32. The number of aryl methyl sites for hydroxylation is 1. The van der Waals surface area contributed by atoms with E-state index in [1.165, 1.54) is 0 Å². The average Bonchev–Trinajstić information content (AvgIpc) is 2.76. The second-order valence-corrected chi connectivity index (χ2v) is 5.94. The molecule has 112 valence electrons. The largest absolute Gasteiger partial charge is 0.311 e. The number of nitriles is 1. The third-order valence-corrected chi connectivity index (χ3v) is 4.55. The van der Waals surface area contributed by atoms with E-state index in [0.29, 0.717) is 19.4 Å². The summed E-state index contributed by atoms with van der Waals surface area (Å²) in [5, 5.41) is 9.70. The van der Waals surface area contributed by atoms with Gasteiger partial charge >= 0.3 is 0 Å². The molecular weight excluding hydrogens is 260 g/mol. The Morgan fingerprint density at radius 1 is 1.24 bits per heavy atom. The summed E-state index contributed by atoms with van der Waals surface area (Å²) >= 11 is 0. The first-order chi connectivity index (χ1) is 10.1. The van der Waals surface area contributed by atoms with Crippen LogP contribution in [0, 0.1) is 23.7 Å². The molecule has 0 atom stereocenters. The Kier molecular flexibility index (Phi) is 5.01. The number of carbonyl (C=O) groups excluding carboxylic acids is 1. The van der Waals surface area contributed by atoms with Crippen LogP contribution in [-0.2, 0) is 4.79 Å². The maximum absolute atomic E-state index is 13.1. The summed E-state index contributed by atoms with van der Waals surface area (Å²) in [5.41, 5.74) is 1.19. The van der Waals surface area contributed by atoms with Crippen molar-refractivity contribution in [3.63, 3.8) is 0 Å². The molecule has 0 unspecified atom stereocenters. The predicted molar refractivity (Wildman–Crippen MR) is 85.0 cm³/mol. The molecule has 0 heterocycles. The molecule has 0 bridgehead atoms. The van der Waals surface area contributed by atoms with Crippen LogP contribution in [-0.4, -0.2) is 12.5 Å². The van der Waals surface area contributed by atoms with Crippen molar-refractivity contribution in [3.05, 3.63) is 29.8 Å². The number of hydrogen-bond acceptors (Lipinski definition) is 2. The zero-order valence-corrected chi connectivity index (χ0v) is 13.1. The maximum atomic E-state index is 13.1. The van der Waals surface area contributed by atoms with Crippen LogP contribution < -0.4 is 4.90 Å². The Balaban J connectivity index is 2.35. The number of nitrogens with zero attached hydrogens (tertiary/aromatic N) is 2. The predicted octanol–water partition coefficient (Wildman–Crippen LogP) is 4.21. The van der Waals surface area contributed by atoms with E-state index in [0.717, 1.165) is 36.9 Å². The number of rotatable bonds is 3. The highest BCUT2D eigenvalue weighted by molar-refractivity contribution is 5.99. The minimum absolute atomic E-state index is 0.0105. The van der Waals surface area contributed by atoms with Gasteiger partial charge in [0.05, 0.1) is 6.07 Å². The van der Waals surface area contributed by atoms with Crippen LogP contribution in [0.25, 0.3) is 0 Å². The van der Waals surface area contributed by atoms with Crippen molar-refractivity contribution in [2.24, 2.45) is 5.41 Å². The molecule has 2 rings (SSSR count). The topological polar surface area (TPSA) is 44.1 Å². The van der Waals surface area contributed by atoms with Crippen molar-refractivity contribution in [2.45, 2.75) is 52.4 Å². The summed E-state index contributed by atoms with van der Waals surface area (Å²) in [7, 11) is 0. The molecule has 0 aromatic heterocycles. The Labute approximate surface area is 127 Å². The molecule has 21 heavy (non-hydrogen) atoms. The van der Waals surface area contributed by atoms with Gasteiger partial charge in [0.2, 0.25) is 5.91 Å². The van der Waals surface area contributed by atoms with E-state index in [1.54, 1.807) is 4.90 Å². The van der Waals surface area contributed by atoms with Gasteiger partial charge in [-0.2, -0.15) is 5.26 Å². The summed E-state index contributed by atoms with van der Waals surface area (Å²) in [6.07, 6.45) is 5.62.